The number of allylic oxidation sites excluding steroid dienone is 1. The van der Waals surface area contributed by atoms with Crippen LogP contribution in [0, 0.1) is 5.92 Å². The first-order valence-corrected chi connectivity index (χ1v) is 4.89. The molecule has 0 unspecified atom stereocenters. The summed E-state index contributed by atoms with van der Waals surface area (Å²) in [6.07, 6.45) is 5.28. The van der Waals surface area contributed by atoms with E-state index < -0.39 is 0 Å². The molecule has 0 aromatic heterocycles. The fourth-order valence-electron chi connectivity index (χ4n) is 1.66. The Labute approximate surface area is 79.4 Å². The van der Waals surface area contributed by atoms with Crippen LogP contribution in [0.15, 0.2) is 11.6 Å². The van der Waals surface area contributed by atoms with Crippen LogP contribution in [0.4, 0.5) is 0 Å². The normalized spacial score (nSPS) is 25.3. The van der Waals surface area contributed by atoms with Gasteiger partial charge in [-0.2, -0.15) is 0 Å². The van der Waals surface area contributed by atoms with Gasteiger partial charge >= 0.3 is 0 Å². The van der Waals surface area contributed by atoms with Gasteiger partial charge in [0.1, 0.15) is 0 Å². The Kier molecular flexibility index (Phi) is 3.19. The lowest BCUT2D eigenvalue weighted by Crippen LogP contribution is -2.26. The van der Waals surface area contributed by atoms with Crippen LogP contribution in [-0.4, -0.2) is 16.6 Å². The molecule has 0 aliphatic heterocycles. The summed E-state index contributed by atoms with van der Waals surface area (Å²) in [5.41, 5.74) is 1.17. The van der Waals surface area contributed by atoms with Crippen molar-refractivity contribution < 1.29 is 5.11 Å². The van der Waals surface area contributed by atoms with Crippen molar-refractivity contribution in [1.82, 2.24) is 0 Å². The third-order valence-electron chi connectivity index (χ3n) is 2.68. The lowest BCUT2D eigenvalue weighted by molar-refractivity contribution is 0.306. The van der Waals surface area contributed by atoms with E-state index in [-0.39, 0.29) is 11.5 Å². The predicted octanol–water partition coefficient (Wildman–Crippen LogP) is 2.72. The summed E-state index contributed by atoms with van der Waals surface area (Å²) in [4.78, 5) is -0.0997. The molecular formula is C10H17ClO. The van der Waals surface area contributed by atoms with E-state index in [9.17, 15) is 0 Å². The summed E-state index contributed by atoms with van der Waals surface area (Å²) >= 11 is 6.21. The maximum absolute atomic E-state index is 8.88. The largest absolute Gasteiger partial charge is 0.392 e. The van der Waals surface area contributed by atoms with E-state index in [1.54, 1.807) is 0 Å². The zero-order valence-electron chi connectivity index (χ0n) is 7.81. The molecule has 1 nitrogen and oxygen atoms in total. The monoisotopic (exact) mass is 188 g/mol. The second kappa shape index (κ2) is 3.80. The Balaban J connectivity index is 2.52. The van der Waals surface area contributed by atoms with E-state index in [2.05, 4.69) is 19.9 Å². The lowest BCUT2D eigenvalue weighted by atomic mass is 9.82. The number of rotatable bonds is 2. The Hall–Kier alpha value is -0.0100. The third-order valence-corrected chi connectivity index (χ3v) is 2.99. The molecule has 70 valence electrons. The molecule has 0 aromatic carbocycles. The molecule has 0 aromatic rings. The van der Waals surface area contributed by atoms with Crippen molar-refractivity contribution in [3.63, 3.8) is 0 Å². The van der Waals surface area contributed by atoms with Gasteiger partial charge in [0.15, 0.2) is 0 Å². The first-order chi connectivity index (χ1) is 5.54. The number of alkyl halides is 1. The van der Waals surface area contributed by atoms with Crippen molar-refractivity contribution in [2.75, 3.05) is 6.61 Å². The Morgan fingerprint density at radius 2 is 2.33 bits per heavy atom. The van der Waals surface area contributed by atoms with E-state index in [1.807, 2.05) is 0 Å². The van der Waals surface area contributed by atoms with Crippen LogP contribution in [0.2, 0.25) is 0 Å². The molecule has 1 atom stereocenters. The lowest BCUT2D eigenvalue weighted by Gasteiger charge is -2.30. The van der Waals surface area contributed by atoms with Crippen LogP contribution < -0.4 is 0 Å². The molecule has 1 aliphatic carbocycles. The molecule has 0 heterocycles. The molecule has 12 heavy (non-hydrogen) atoms. The SMILES string of the molecule is CC(C)(Cl)[C@@H]1CC=C(CO)CC1. The van der Waals surface area contributed by atoms with Crippen molar-refractivity contribution in [3.05, 3.63) is 11.6 Å². The molecule has 0 spiro atoms. The first kappa shape index (κ1) is 10.1. The number of aliphatic hydroxyl groups excluding tert-OH is 1. The van der Waals surface area contributed by atoms with Crippen LogP contribution in [0.5, 0.6) is 0 Å². The van der Waals surface area contributed by atoms with E-state index in [0.717, 1.165) is 19.3 Å². The van der Waals surface area contributed by atoms with Crippen LogP contribution in [0.1, 0.15) is 33.1 Å². The highest BCUT2D eigenvalue weighted by atomic mass is 35.5. The van der Waals surface area contributed by atoms with Crippen molar-refractivity contribution in [3.8, 4) is 0 Å². The summed E-state index contributed by atoms with van der Waals surface area (Å²) in [6, 6.07) is 0. The highest BCUT2D eigenvalue weighted by molar-refractivity contribution is 6.23. The minimum absolute atomic E-state index is 0.0997. The Morgan fingerprint density at radius 3 is 2.67 bits per heavy atom. The van der Waals surface area contributed by atoms with E-state index in [4.69, 9.17) is 16.7 Å². The molecule has 0 bridgehead atoms. The zero-order valence-corrected chi connectivity index (χ0v) is 8.56. The minimum Gasteiger partial charge on any atom is -0.392 e. The Bertz CT molecular complexity index is 179. The van der Waals surface area contributed by atoms with Crippen LogP contribution >= 0.6 is 11.6 Å². The number of aliphatic hydroxyl groups is 1. The fourth-order valence-corrected chi connectivity index (χ4v) is 1.85. The van der Waals surface area contributed by atoms with E-state index >= 15 is 0 Å². The van der Waals surface area contributed by atoms with Crippen LogP contribution in [-0.2, 0) is 0 Å². The van der Waals surface area contributed by atoms with E-state index in [0.29, 0.717) is 5.92 Å². The van der Waals surface area contributed by atoms with Crippen molar-refractivity contribution >= 4 is 11.6 Å². The molecule has 1 rings (SSSR count). The number of hydrogen-bond acceptors (Lipinski definition) is 1. The van der Waals surface area contributed by atoms with Gasteiger partial charge in [0.2, 0.25) is 0 Å². The van der Waals surface area contributed by atoms with Crippen LogP contribution in [0.25, 0.3) is 0 Å². The second-order valence-corrected chi connectivity index (χ2v) is 5.03. The average Bonchev–Trinajstić information content (AvgIpc) is 2.03. The second-order valence-electron chi connectivity index (χ2n) is 4.06. The van der Waals surface area contributed by atoms with Gasteiger partial charge in [-0.1, -0.05) is 6.08 Å². The van der Waals surface area contributed by atoms with Crippen molar-refractivity contribution in [2.24, 2.45) is 5.92 Å². The van der Waals surface area contributed by atoms with Gasteiger partial charge in [-0.25, -0.2) is 0 Å². The van der Waals surface area contributed by atoms with Gasteiger partial charge in [-0.05, 0) is 44.6 Å². The van der Waals surface area contributed by atoms with Gasteiger partial charge in [-0.15, -0.1) is 11.6 Å². The minimum atomic E-state index is -0.0997. The molecule has 1 aliphatic rings. The standard InChI is InChI=1S/C10H17ClO/c1-10(2,11)9-5-3-8(7-12)4-6-9/h3,9,12H,4-7H2,1-2H3/t9-/m1/s1. The maximum atomic E-state index is 8.88. The molecule has 2 heteroatoms. The summed E-state index contributed by atoms with van der Waals surface area (Å²) < 4.78 is 0. The number of hydrogen-bond donors (Lipinski definition) is 1. The fraction of sp³-hybridized carbons (Fsp3) is 0.800. The van der Waals surface area contributed by atoms with Crippen molar-refractivity contribution in [2.45, 2.75) is 38.0 Å². The highest BCUT2D eigenvalue weighted by Gasteiger charge is 2.27. The topological polar surface area (TPSA) is 20.2 Å². The van der Waals surface area contributed by atoms with Crippen molar-refractivity contribution in [1.29, 1.82) is 0 Å². The Morgan fingerprint density at radius 1 is 1.67 bits per heavy atom. The van der Waals surface area contributed by atoms with Crippen LogP contribution in [0.3, 0.4) is 0 Å². The predicted molar refractivity (Wildman–Crippen MR) is 52.4 cm³/mol. The summed E-state index contributed by atoms with van der Waals surface area (Å²) in [7, 11) is 0. The quantitative estimate of drug-likeness (QED) is 0.522. The zero-order chi connectivity index (χ0) is 9.19. The first-order valence-electron chi connectivity index (χ1n) is 4.51. The maximum Gasteiger partial charge on any atom is 0.0641 e. The molecule has 0 amide bonds. The molecule has 0 radical (unpaired) electrons. The molecule has 0 saturated heterocycles. The van der Waals surface area contributed by atoms with Gasteiger partial charge in [0.05, 0.1) is 6.61 Å². The molecular weight excluding hydrogens is 172 g/mol. The highest BCUT2D eigenvalue weighted by Crippen LogP contribution is 2.35. The van der Waals surface area contributed by atoms with Gasteiger partial charge in [0.25, 0.3) is 0 Å². The van der Waals surface area contributed by atoms with Gasteiger partial charge < -0.3 is 5.11 Å². The van der Waals surface area contributed by atoms with Gasteiger partial charge in [0, 0.05) is 4.87 Å². The summed E-state index contributed by atoms with van der Waals surface area (Å²) in [6.45, 7) is 4.35. The molecule has 1 N–H and O–H groups in total. The number of halogens is 1. The van der Waals surface area contributed by atoms with E-state index in [1.165, 1.54) is 5.57 Å². The van der Waals surface area contributed by atoms with Gasteiger partial charge in [-0.3, -0.25) is 0 Å². The molecule has 0 saturated carbocycles. The smallest absolute Gasteiger partial charge is 0.0641 e. The summed E-state index contributed by atoms with van der Waals surface area (Å²) in [5.74, 6) is 0.564. The third kappa shape index (κ3) is 2.49. The molecule has 0 fully saturated rings. The average molecular weight is 189 g/mol. The summed E-state index contributed by atoms with van der Waals surface area (Å²) in [5, 5.41) is 8.88.